The van der Waals surface area contributed by atoms with Gasteiger partial charge < -0.3 is 14.4 Å². The zero-order chi connectivity index (χ0) is 20.4. The first-order valence-electron chi connectivity index (χ1n) is 9.06. The number of fused-ring (bicyclic) bond motifs is 1. The summed E-state index contributed by atoms with van der Waals surface area (Å²) in [6, 6.07) is 6.82. The van der Waals surface area contributed by atoms with Gasteiger partial charge in [0, 0.05) is 31.0 Å². The van der Waals surface area contributed by atoms with E-state index in [2.05, 4.69) is 20.4 Å². The third kappa shape index (κ3) is 4.08. The average molecular weight is 401 g/mol. The molecule has 0 fully saturated rings. The molecule has 4 aromatic rings. The number of nitrogens with one attached hydrogen (secondary N) is 1. The predicted octanol–water partition coefficient (Wildman–Crippen LogP) is 4.92. The molecule has 0 aliphatic rings. The third-order valence-electron chi connectivity index (χ3n) is 4.54. The van der Waals surface area contributed by atoms with Crippen LogP contribution in [-0.4, -0.2) is 26.2 Å². The van der Waals surface area contributed by atoms with Crippen LogP contribution in [-0.2, 0) is 12.7 Å². The van der Waals surface area contributed by atoms with Crippen LogP contribution in [0.1, 0.15) is 17.7 Å². The molecular formula is C20H18F3N5O. The topological polar surface area (TPSA) is 68.8 Å². The lowest BCUT2D eigenvalue weighted by molar-refractivity contribution is -0.137. The Morgan fingerprint density at radius 1 is 1.21 bits per heavy atom. The van der Waals surface area contributed by atoms with Crippen LogP contribution < -0.4 is 5.32 Å². The minimum absolute atomic E-state index is 0.379. The molecule has 0 amide bonds. The summed E-state index contributed by atoms with van der Waals surface area (Å²) in [6.45, 7) is 3.17. The van der Waals surface area contributed by atoms with Gasteiger partial charge in [0.2, 0.25) is 5.58 Å². The average Bonchev–Trinajstić information content (AvgIpc) is 3.35. The number of pyridine rings is 1. The first-order valence-corrected chi connectivity index (χ1v) is 9.06. The van der Waals surface area contributed by atoms with Crippen molar-refractivity contribution in [3.8, 4) is 11.3 Å². The summed E-state index contributed by atoms with van der Waals surface area (Å²) in [5.41, 5.74) is 2.33. The van der Waals surface area contributed by atoms with Crippen molar-refractivity contribution >= 4 is 16.8 Å². The maximum Gasteiger partial charge on any atom is 0.416 e. The Bertz CT molecular complexity index is 1120. The van der Waals surface area contributed by atoms with Crippen LogP contribution in [0.2, 0.25) is 0 Å². The van der Waals surface area contributed by atoms with E-state index < -0.39 is 11.7 Å². The van der Waals surface area contributed by atoms with E-state index in [1.807, 2.05) is 10.8 Å². The molecule has 0 aliphatic heterocycles. The largest absolute Gasteiger partial charge is 0.416 e. The highest BCUT2D eigenvalue weighted by molar-refractivity contribution is 5.90. The second-order valence-corrected chi connectivity index (χ2v) is 6.66. The fraction of sp³-hybridized carbons (Fsp3) is 0.250. The van der Waals surface area contributed by atoms with Crippen molar-refractivity contribution in [1.82, 2.24) is 19.7 Å². The summed E-state index contributed by atoms with van der Waals surface area (Å²) in [4.78, 5) is 8.48. The molecule has 0 radical (unpaired) electrons. The number of hydrogen-bond acceptors (Lipinski definition) is 5. The first kappa shape index (κ1) is 19.0. The van der Waals surface area contributed by atoms with Crippen molar-refractivity contribution in [2.45, 2.75) is 26.1 Å². The molecule has 0 saturated carbocycles. The fourth-order valence-corrected chi connectivity index (χ4v) is 3.07. The monoisotopic (exact) mass is 401 g/mol. The van der Waals surface area contributed by atoms with Crippen LogP contribution in [0.15, 0.2) is 53.6 Å². The molecule has 1 N–H and O–H groups in total. The van der Waals surface area contributed by atoms with Gasteiger partial charge in [0.25, 0.3) is 0 Å². The van der Waals surface area contributed by atoms with Crippen molar-refractivity contribution in [1.29, 1.82) is 0 Å². The summed E-state index contributed by atoms with van der Waals surface area (Å²) in [5, 5.41) is 7.24. The molecule has 0 atom stereocenters. The number of rotatable bonds is 6. The van der Waals surface area contributed by atoms with E-state index >= 15 is 0 Å². The van der Waals surface area contributed by atoms with Gasteiger partial charge in [-0.15, -0.1) is 0 Å². The van der Waals surface area contributed by atoms with Gasteiger partial charge in [-0.2, -0.15) is 13.2 Å². The molecule has 9 heteroatoms. The number of aromatic nitrogens is 4. The van der Waals surface area contributed by atoms with E-state index in [0.717, 1.165) is 25.1 Å². The van der Waals surface area contributed by atoms with Gasteiger partial charge in [0.05, 0.1) is 23.3 Å². The molecule has 3 aromatic heterocycles. The van der Waals surface area contributed by atoms with Crippen molar-refractivity contribution in [3.63, 3.8) is 0 Å². The zero-order valence-electron chi connectivity index (χ0n) is 15.6. The minimum Gasteiger partial charge on any atom is -0.382 e. The smallest absolute Gasteiger partial charge is 0.382 e. The van der Waals surface area contributed by atoms with Crippen LogP contribution in [0.3, 0.4) is 0 Å². The Morgan fingerprint density at radius 2 is 2.07 bits per heavy atom. The summed E-state index contributed by atoms with van der Waals surface area (Å²) >= 11 is 0. The van der Waals surface area contributed by atoms with Crippen LogP contribution in [0.4, 0.5) is 18.9 Å². The number of nitrogens with zero attached hydrogens (tertiary/aromatic N) is 4. The summed E-state index contributed by atoms with van der Waals surface area (Å²) < 4.78 is 46.6. The van der Waals surface area contributed by atoms with E-state index in [1.165, 1.54) is 6.07 Å². The van der Waals surface area contributed by atoms with E-state index in [1.54, 1.807) is 31.6 Å². The Balaban J connectivity index is 1.63. The quantitative estimate of drug-likeness (QED) is 0.465. The number of aryl methyl sites for hydroxylation is 2. The summed E-state index contributed by atoms with van der Waals surface area (Å²) in [6.07, 6.45) is 1.76. The highest BCUT2D eigenvalue weighted by Crippen LogP contribution is 2.34. The van der Waals surface area contributed by atoms with Gasteiger partial charge in [-0.25, -0.2) is 9.97 Å². The number of hydrogen-bond donors (Lipinski definition) is 1. The third-order valence-corrected chi connectivity index (χ3v) is 4.54. The van der Waals surface area contributed by atoms with Crippen molar-refractivity contribution in [2.24, 2.45) is 0 Å². The van der Waals surface area contributed by atoms with Crippen molar-refractivity contribution in [2.75, 3.05) is 11.9 Å². The minimum atomic E-state index is -4.42. The molecule has 0 aliphatic carbocycles. The molecule has 0 unspecified atom stereocenters. The van der Waals surface area contributed by atoms with Crippen molar-refractivity contribution < 1.29 is 17.7 Å². The normalized spacial score (nSPS) is 11.9. The van der Waals surface area contributed by atoms with E-state index in [4.69, 9.17) is 4.52 Å². The summed E-state index contributed by atoms with van der Waals surface area (Å²) in [5.74, 6) is 0. The van der Waals surface area contributed by atoms with Crippen molar-refractivity contribution in [3.05, 3.63) is 60.3 Å². The number of alkyl halides is 3. The maximum absolute atomic E-state index is 13.1. The molecule has 0 bridgehead atoms. The Kier molecular flexibility index (Phi) is 4.96. The van der Waals surface area contributed by atoms with Crippen LogP contribution in [0.5, 0.6) is 0 Å². The highest BCUT2D eigenvalue weighted by Gasteiger charge is 2.30. The second-order valence-electron chi connectivity index (χ2n) is 6.66. The lowest BCUT2D eigenvalue weighted by atomic mass is 10.1. The van der Waals surface area contributed by atoms with Gasteiger partial charge >= 0.3 is 6.18 Å². The SMILES string of the molecule is Cc1noc2c(NCCCn3ccnc3)cc(-c3cccc(C(F)(F)F)c3)nc12. The van der Waals surface area contributed by atoms with Gasteiger partial charge in [0.1, 0.15) is 11.2 Å². The lowest BCUT2D eigenvalue weighted by Gasteiger charge is -2.11. The number of benzene rings is 1. The molecular weight excluding hydrogens is 383 g/mol. The van der Waals surface area contributed by atoms with Crippen LogP contribution in [0.25, 0.3) is 22.4 Å². The molecule has 150 valence electrons. The molecule has 4 rings (SSSR count). The molecule has 29 heavy (non-hydrogen) atoms. The first-order chi connectivity index (χ1) is 13.9. The predicted molar refractivity (Wildman–Crippen MR) is 102 cm³/mol. The molecule has 6 nitrogen and oxygen atoms in total. The highest BCUT2D eigenvalue weighted by atomic mass is 19.4. The standard InChI is InChI=1S/C20H18F3N5O/c1-13-18-19(29-27-13)17(25-6-3-8-28-9-7-24-12-28)11-16(26-18)14-4-2-5-15(10-14)20(21,22)23/h2,4-5,7,9-12H,3,6,8H2,1H3,(H,25,26). The van der Waals surface area contributed by atoms with Gasteiger partial charge in [-0.05, 0) is 31.5 Å². The number of halogens is 3. The van der Waals surface area contributed by atoms with E-state index in [-0.39, 0.29) is 0 Å². The van der Waals surface area contributed by atoms with Crippen LogP contribution in [0, 0.1) is 6.92 Å². The maximum atomic E-state index is 13.1. The fourth-order valence-electron chi connectivity index (χ4n) is 3.07. The second kappa shape index (κ2) is 7.57. The van der Waals surface area contributed by atoms with Gasteiger partial charge in [-0.1, -0.05) is 17.3 Å². The Morgan fingerprint density at radius 3 is 2.83 bits per heavy atom. The summed E-state index contributed by atoms with van der Waals surface area (Å²) in [7, 11) is 0. The molecule has 0 spiro atoms. The Hall–Kier alpha value is -3.36. The zero-order valence-corrected chi connectivity index (χ0v) is 15.6. The molecule has 1 aromatic carbocycles. The Labute approximate surface area is 164 Å². The van der Waals surface area contributed by atoms with Crippen LogP contribution >= 0.6 is 0 Å². The van der Waals surface area contributed by atoms with E-state index in [0.29, 0.717) is 40.3 Å². The molecule has 0 saturated heterocycles. The van der Waals surface area contributed by atoms with E-state index in [9.17, 15) is 13.2 Å². The number of imidazole rings is 1. The van der Waals surface area contributed by atoms with Gasteiger partial charge in [0.15, 0.2) is 0 Å². The number of anilines is 1. The lowest BCUT2D eigenvalue weighted by Crippen LogP contribution is -2.07. The molecule has 3 heterocycles. The van der Waals surface area contributed by atoms with Gasteiger partial charge in [-0.3, -0.25) is 0 Å².